The summed E-state index contributed by atoms with van der Waals surface area (Å²) < 4.78 is 10.5. The van der Waals surface area contributed by atoms with Gasteiger partial charge in [0.05, 0.1) is 20.8 Å². The molecule has 2 aliphatic rings. The van der Waals surface area contributed by atoms with Crippen LogP contribution in [0.4, 0.5) is 0 Å². The van der Waals surface area contributed by atoms with Gasteiger partial charge in [0.2, 0.25) is 5.75 Å². The highest BCUT2D eigenvalue weighted by Crippen LogP contribution is 2.37. The molecule has 2 saturated heterocycles. The lowest BCUT2D eigenvalue weighted by Crippen LogP contribution is -2.56. The monoisotopic (exact) mass is 518 g/mol. The molecule has 2 heterocycles. The normalized spacial score (nSPS) is 24.4. The molecule has 0 saturated carbocycles. The van der Waals surface area contributed by atoms with E-state index in [9.17, 15) is 5.11 Å². The fourth-order valence-corrected chi connectivity index (χ4v) is 4.46. The van der Waals surface area contributed by atoms with E-state index < -0.39 is 0 Å². The van der Waals surface area contributed by atoms with Crippen molar-refractivity contribution >= 4 is 29.9 Å². The predicted molar refractivity (Wildman–Crippen MR) is 127 cm³/mol. The summed E-state index contributed by atoms with van der Waals surface area (Å²) in [6.07, 6.45) is 6.28. The minimum atomic E-state index is 0. The summed E-state index contributed by atoms with van der Waals surface area (Å²) in [7, 11) is 5.34. The van der Waals surface area contributed by atoms with E-state index in [4.69, 9.17) is 14.5 Å². The Labute approximate surface area is 191 Å². The van der Waals surface area contributed by atoms with E-state index in [0.29, 0.717) is 36.2 Å². The molecule has 0 aromatic heterocycles. The zero-order valence-electron chi connectivity index (χ0n) is 17.9. The second-order valence-corrected chi connectivity index (χ2v) is 7.76. The molecule has 0 radical (unpaired) electrons. The van der Waals surface area contributed by atoms with Crippen molar-refractivity contribution in [2.45, 2.75) is 63.7 Å². The second-order valence-electron chi connectivity index (χ2n) is 7.76. The van der Waals surface area contributed by atoms with Gasteiger partial charge in [0.1, 0.15) is 0 Å². The van der Waals surface area contributed by atoms with Gasteiger partial charge in [-0.25, -0.2) is 4.99 Å². The maximum atomic E-state index is 10.1. The maximum absolute atomic E-state index is 10.1. The fourth-order valence-electron chi connectivity index (χ4n) is 4.46. The lowest BCUT2D eigenvalue weighted by molar-refractivity contribution is 0.0526. The number of nitrogens with zero attached hydrogens (tertiary/aromatic N) is 2. The summed E-state index contributed by atoms with van der Waals surface area (Å²) in [5, 5.41) is 17.1. The molecular weight excluding hydrogens is 483 g/mol. The number of halogens is 1. The number of benzene rings is 1. The smallest absolute Gasteiger partial charge is 0.200 e. The predicted octanol–water partition coefficient (Wildman–Crippen LogP) is 3.10. The molecule has 1 aromatic carbocycles. The van der Waals surface area contributed by atoms with Crippen LogP contribution in [0.5, 0.6) is 17.2 Å². The number of guanidine groups is 1. The van der Waals surface area contributed by atoms with E-state index in [1.54, 1.807) is 12.1 Å². The molecule has 2 atom stereocenters. The Bertz CT molecular complexity index is 661. The Kier molecular flexibility index (Phi) is 9.13. The number of aromatic hydroxyl groups is 1. The highest BCUT2D eigenvalue weighted by molar-refractivity contribution is 14.0. The molecule has 0 amide bonds. The van der Waals surface area contributed by atoms with E-state index >= 15 is 0 Å². The third-order valence-corrected chi connectivity index (χ3v) is 5.98. The molecular formula is C21H35IN4O3. The van der Waals surface area contributed by atoms with Crippen LogP contribution in [0, 0.1) is 0 Å². The SMILES string of the molecule is CCNC(=NCc1cc(OC)c(O)c(OC)c1)NC1CC2CCCC(C1)N2C.I. The molecule has 3 rings (SSSR count). The Balaban J connectivity index is 0.00000300. The molecule has 0 spiro atoms. The van der Waals surface area contributed by atoms with Crippen LogP contribution in [-0.2, 0) is 6.54 Å². The zero-order chi connectivity index (χ0) is 20.1. The van der Waals surface area contributed by atoms with Gasteiger partial charge in [-0.2, -0.15) is 0 Å². The Hall–Kier alpha value is -1.42. The number of methoxy groups -OCH3 is 2. The first-order chi connectivity index (χ1) is 13.5. The van der Waals surface area contributed by atoms with Crippen molar-refractivity contribution in [1.29, 1.82) is 0 Å². The quantitative estimate of drug-likeness (QED) is 0.305. The summed E-state index contributed by atoms with van der Waals surface area (Å²) >= 11 is 0. The number of fused-ring (bicyclic) bond motifs is 2. The van der Waals surface area contributed by atoms with Crippen LogP contribution in [0.3, 0.4) is 0 Å². The number of ether oxygens (including phenoxy) is 2. The fraction of sp³-hybridized carbons (Fsp3) is 0.667. The summed E-state index contributed by atoms with van der Waals surface area (Å²) in [6, 6.07) is 5.40. The van der Waals surface area contributed by atoms with Crippen LogP contribution in [0.2, 0.25) is 0 Å². The molecule has 29 heavy (non-hydrogen) atoms. The van der Waals surface area contributed by atoms with E-state index in [1.165, 1.54) is 33.5 Å². The van der Waals surface area contributed by atoms with E-state index in [2.05, 4.69) is 29.5 Å². The average molecular weight is 518 g/mol. The number of phenols is 1. The number of nitrogens with one attached hydrogen (secondary N) is 2. The lowest BCUT2D eigenvalue weighted by Gasteiger charge is -2.47. The molecule has 2 aliphatic heterocycles. The number of aliphatic imine (C=N–C) groups is 1. The van der Waals surface area contributed by atoms with Crippen molar-refractivity contribution in [3.05, 3.63) is 17.7 Å². The third-order valence-electron chi connectivity index (χ3n) is 5.98. The van der Waals surface area contributed by atoms with Crippen LogP contribution >= 0.6 is 24.0 Å². The first-order valence-corrected chi connectivity index (χ1v) is 10.3. The Morgan fingerprint density at radius 2 is 1.76 bits per heavy atom. The molecule has 164 valence electrons. The summed E-state index contributed by atoms with van der Waals surface area (Å²) in [4.78, 5) is 7.33. The zero-order valence-corrected chi connectivity index (χ0v) is 20.2. The van der Waals surface area contributed by atoms with Gasteiger partial charge in [0.25, 0.3) is 0 Å². The van der Waals surface area contributed by atoms with Crippen LogP contribution in [0.1, 0.15) is 44.6 Å². The Morgan fingerprint density at radius 1 is 1.17 bits per heavy atom. The van der Waals surface area contributed by atoms with E-state index in [-0.39, 0.29) is 29.7 Å². The molecule has 1 aromatic rings. The van der Waals surface area contributed by atoms with E-state index in [1.807, 2.05) is 0 Å². The summed E-state index contributed by atoms with van der Waals surface area (Å²) in [5.74, 6) is 1.64. The first kappa shape index (κ1) is 23.9. The van der Waals surface area contributed by atoms with Crippen LogP contribution in [0.25, 0.3) is 0 Å². The Morgan fingerprint density at radius 3 is 2.28 bits per heavy atom. The van der Waals surface area contributed by atoms with Crippen molar-refractivity contribution in [1.82, 2.24) is 15.5 Å². The second kappa shape index (κ2) is 11.1. The van der Waals surface area contributed by atoms with Gasteiger partial charge in [0, 0.05) is 24.7 Å². The minimum absolute atomic E-state index is 0. The van der Waals surface area contributed by atoms with E-state index in [0.717, 1.165) is 30.9 Å². The molecule has 2 bridgehead atoms. The van der Waals surface area contributed by atoms with Crippen molar-refractivity contribution in [3.63, 3.8) is 0 Å². The first-order valence-electron chi connectivity index (χ1n) is 10.3. The standard InChI is InChI=1S/C21H34N4O3.HI/c1-5-22-21(24-15-11-16-7-6-8-17(12-15)25(16)2)23-13-14-9-18(27-3)20(26)19(10-14)28-4;/h9-10,15-17,26H,5-8,11-13H2,1-4H3,(H2,22,23,24);1H. The van der Waals surface area contributed by atoms with Gasteiger partial charge in [-0.3, -0.25) is 0 Å². The molecule has 7 nitrogen and oxygen atoms in total. The highest BCUT2D eigenvalue weighted by Gasteiger charge is 2.36. The van der Waals surface area contributed by atoms with Crippen molar-refractivity contribution in [2.24, 2.45) is 4.99 Å². The van der Waals surface area contributed by atoms with Gasteiger partial charge in [0.15, 0.2) is 17.5 Å². The number of rotatable bonds is 6. The van der Waals surface area contributed by atoms with Crippen LogP contribution < -0.4 is 20.1 Å². The van der Waals surface area contributed by atoms with Crippen LogP contribution in [-0.4, -0.2) is 61.9 Å². The number of piperidine rings is 2. The van der Waals surface area contributed by atoms with Crippen molar-refractivity contribution < 1.29 is 14.6 Å². The average Bonchev–Trinajstić information content (AvgIpc) is 2.67. The lowest BCUT2D eigenvalue weighted by atomic mass is 9.82. The maximum Gasteiger partial charge on any atom is 0.200 e. The largest absolute Gasteiger partial charge is 0.502 e. The summed E-state index contributed by atoms with van der Waals surface area (Å²) in [5.41, 5.74) is 0.920. The minimum Gasteiger partial charge on any atom is -0.502 e. The van der Waals surface area contributed by atoms with Crippen molar-refractivity contribution in [2.75, 3.05) is 27.8 Å². The van der Waals surface area contributed by atoms with Gasteiger partial charge < -0.3 is 30.1 Å². The number of hydrogen-bond acceptors (Lipinski definition) is 5. The molecule has 2 unspecified atom stereocenters. The third kappa shape index (κ3) is 5.81. The molecule has 3 N–H and O–H groups in total. The number of phenolic OH excluding ortho intramolecular Hbond substituents is 1. The van der Waals surface area contributed by atoms with Gasteiger partial charge in [-0.15, -0.1) is 24.0 Å². The van der Waals surface area contributed by atoms with Gasteiger partial charge in [-0.1, -0.05) is 6.42 Å². The van der Waals surface area contributed by atoms with Gasteiger partial charge in [-0.05, 0) is 57.4 Å². The topological polar surface area (TPSA) is 78.4 Å². The molecule has 8 heteroatoms. The summed E-state index contributed by atoms with van der Waals surface area (Å²) in [6.45, 7) is 3.36. The van der Waals surface area contributed by atoms with Crippen LogP contribution in [0.15, 0.2) is 17.1 Å². The number of hydrogen-bond donors (Lipinski definition) is 3. The van der Waals surface area contributed by atoms with Gasteiger partial charge >= 0.3 is 0 Å². The molecule has 0 aliphatic carbocycles. The highest BCUT2D eigenvalue weighted by atomic mass is 127. The van der Waals surface area contributed by atoms with Crippen molar-refractivity contribution in [3.8, 4) is 17.2 Å². The molecule has 2 fully saturated rings.